The van der Waals surface area contributed by atoms with Gasteiger partial charge in [-0.1, -0.05) is 6.07 Å². The van der Waals surface area contributed by atoms with Crippen LogP contribution in [-0.4, -0.2) is 86.8 Å². The molecule has 2 aliphatic heterocycles. The number of aromatic hydroxyl groups is 1. The molecule has 0 radical (unpaired) electrons. The fourth-order valence-corrected chi connectivity index (χ4v) is 6.85. The second-order valence-electron chi connectivity index (χ2n) is 12.6. The van der Waals surface area contributed by atoms with E-state index >= 15 is 0 Å². The summed E-state index contributed by atoms with van der Waals surface area (Å²) in [5.74, 6) is -2.01. The number of likely N-dealkylation sites (tertiary alicyclic amines) is 1. The SMILES string of the molecule is O=C(CCN1CCC(NC(=O)Nc2ccc(OC(F)(F)F)cc2)CC1)NCCCCn1c2c(C3CCC(=O)NC3=O)ccc3c2c(O)n(O)c31. The van der Waals surface area contributed by atoms with Crippen LogP contribution in [0.3, 0.4) is 0 Å². The van der Waals surface area contributed by atoms with Crippen molar-refractivity contribution in [1.29, 1.82) is 0 Å². The Balaban J connectivity index is 0.900. The number of nitrogens with one attached hydrogen (secondary N) is 4. The van der Waals surface area contributed by atoms with Crippen molar-refractivity contribution in [2.45, 2.75) is 69.8 Å². The Hall–Kier alpha value is -5.19. The Morgan fingerprint density at radius 1 is 1.00 bits per heavy atom. The smallest absolute Gasteiger partial charge is 0.492 e. The van der Waals surface area contributed by atoms with Crippen LogP contribution in [0.2, 0.25) is 0 Å². The first-order valence-corrected chi connectivity index (χ1v) is 16.5. The molecule has 0 aliphatic carbocycles. The molecule has 2 aromatic carbocycles. The molecule has 0 saturated carbocycles. The third-order valence-corrected chi connectivity index (χ3v) is 9.27. The molecule has 268 valence electrons. The lowest BCUT2D eigenvalue weighted by molar-refractivity contribution is -0.274. The summed E-state index contributed by atoms with van der Waals surface area (Å²) in [6.07, 6.45) is -1.24. The van der Waals surface area contributed by atoms with Crippen LogP contribution in [0.5, 0.6) is 11.6 Å². The van der Waals surface area contributed by atoms with Crippen molar-refractivity contribution >= 4 is 51.4 Å². The molecule has 2 aliphatic rings. The molecule has 50 heavy (non-hydrogen) atoms. The number of alkyl halides is 3. The van der Waals surface area contributed by atoms with Gasteiger partial charge in [0, 0.05) is 62.7 Å². The number of unbranched alkanes of at least 4 members (excludes halogenated alkanes) is 1. The van der Waals surface area contributed by atoms with Gasteiger partial charge in [0.15, 0.2) is 5.65 Å². The first-order valence-electron chi connectivity index (χ1n) is 16.5. The lowest BCUT2D eigenvalue weighted by atomic mass is 9.89. The van der Waals surface area contributed by atoms with Gasteiger partial charge in [-0.25, -0.2) is 4.79 Å². The zero-order chi connectivity index (χ0) is 35.6. The van der Waals surface area contributed by atoms with E-state index < -0.39 is 18.3 Å². The van der Waals surface area contributed by atoms with E-state index in [2.05, 4.69) is 30.9 Å². The van der Waals surface area contributed by atoms with Gasteiger partial charge in [0.05, 0.1) is 16.8 Å². The number of imide groups is 1. The highest BCUT2D eigenvalue weighted by atomic mass is 19.4. The van der Waals surface area contributed by atoms with Crippen LogP contribution >= 0.6 is 0 Å². The summed E-state index contributed by atoms with van der Waals surface area (Å²) < 4.78 is 43.4. The number of aromatic nitrogens is 2. The largest absolute Gasteiger partial charge is 0.573 e. The van der Waals surface area contributed by atoms with Gasteiger partial charge >= 0.3 is 12.4 Å². The van der Waals surface area contributed by atoms with Crippen LogP contribution in [0.1, 0.15) is 56.4 Å². The van der Waals surface area contributed by atoms with Crippen molar-refractivity contribution in [2.75, 3.05) is 31.5 Å². The summed E-state index contributed by atoms with van der Waals surface area (Å²) in [4.78, 5) is 51.4. The van der Waals surface area contributed by atoms with E-state index in [1.165, 1.54) is 12.1 Å². The fourth-order valence-electron chi connectivity index (χ4n) is 6.85. The minimum Gasteiger partial charge on any atom is -0.492 e. The number of hydrogen-bond donors (Lipinski definition) is 6. The van der Waals surface area contributed by atoms with Crippen molar-refractivity contribution in [1.82, 2.24) is 30.1 Å². The molecule has 2 fully saturated rings. The monoisotopic (exact) mass is 701 g/mol. The molecule has 0 spiro atoms. The van der Waals surface area contributed by atoms with Crippen LogP contribution in [0.4, 0.5) is 23.7 Å². The van der Waals surface area contributed by atoms with Crippen molar-refractivity contribution in [3.05, 3.63) is 42.0 Å². The standard InChI is InChI=1S/C33H38F3N7O7/c34-33(35,36)50-21-5-3-19(4-6-21)38-32(48)39-20-11-16-41(17-12-20)18-13-25(44)37-14-1-2-15-42-28-22(23-9-10-26(45)40-29(23)46)7-8-24-27(28)31(47)43(49)30(24)42/h3-8,20,23,47,49H,1-2,9-18H2,(H,37,44)(H2,38,39,48)(H,40,45,46). The second-order valence-corrected chi connectivity index (χ2v) is 12.6. The number of hydrogen-bond acceptors (Lipinski definition) is 8. The Bertz CT molecular complexity index is 1860. The summed E-state index contributed by atoms with van der Waals surface area (Å²) in [5.41, 5.74) is 2.09. The topological polar surface area (TPSA) is 179 Å². The van der Waals surface area contributed by atoms with Gasteiger partial charge in [-0.2, -0.15) is 0 Å². The van der Waals surface area contributed by atoms with E-state index in [-0.39, 0.29) is 41.8 Å². The van der Waals surface area contributed by atoms with Crippen LogP contribution in [0, 0.1) is 0 Å². The molecular formula is C33H38F3N7O7. The summed E-state index contributed by atoms with van der Waals surface area (Å²) in [6.45, 7) is 2.87. The molecule has 17 heteroatoms. The zero-order valence-electron chi connectivity index (χ0n) is 27.0. The Kier molecular flexibility index (Phi) is 9.95. The summed E-state index contributed by atoms with van der Waals surface area (Å²) >= 11 is 0. The average Bonchev–Trinajstić information content (AvgIpc) is 3.44. The molecular weight excluding hydrogens is 663 g/mol. The van der Waals surface area contributed by atoms with Gasteiger partial charge in [0.2, 0.25) is 23.6 Å². The number of halogens is 3. The van der Waals surface area contributed by atoms with E-state index in [4.69, 9.17) is 0 Å². The van der Waals surface area contributed by atoms with Gasteiger partial charge in [0.1, 0.15) is 5.75 Å². The van der Waals surface area contributed by atoms with Crippen molar-refractivity contribution in [3.8, 4) is 11.6 Å². The number of urea groups is 1. The molecule has 2 aromatic heterocycles. The molecule has 4 aromatic rings. The third-order valence-electron chi connectivity index (χ3n) is 9.27. The van der Waals surface area contributed by atoms with Gasteiger partial charge in [0.25, 0.3) is 0 Å². The number of carbonyl (C=O) groups excluding carboxylic acids is 4. The highest BCUT2D eigenvalue weighted by Crippen LogP contribution is 2.44. The number of rotatable bonds is 12. The number of carbonyl (C=O) groups is 4. The molecule has 14 nitrogen and oxygen atoms in total. The molecule has 1 unspecified atom stereocenters. The predicted octanol–water partition coefficient (Wildman–Crippen LogP) is 3.97. The van der Waals surface area contributed by atoms with Crippen molar-refractivity contribution < 1.29 is 47.4 Å². The molecule has 4 heterocycles. The quantitative estimate of drug-likeness (QED) is 0.0730. The normalized spacial score (nSPS) is 17.7. The molecule has 6 N–H and O–H groups in total. The number of piperidine rings is 2. The Morgan fingerprint density at radius 2 is 1.74 bits per heavy atom. The number of benzene rings is 2. The van der Waals surface area contributed by atoms with E-state index in [1.54, 1.807) is 6.07 Å². The maximum atomic E-state index is 12.6. The lowest BCUT2D eigenvalue weighted by Crippen LogP contribution is -2.46. The van der Waals surface area contributed by atoms with Crippen molar-refractivity contribution in [3.63, 3.8) is 0 Å². The average molecular weight is 702 g/mol. The minimum absolute atomic E-state index is 0.0824. The highest BCUT2D eigenvalue weighted by molar-refractivity contribution is 6.15. The van der Waals surface area contributed by atoms with Crippen LogP contribution in [-0.2, 0) is 20.9 Å². The first kappa shape index (κ1) is 34.7. The van der Waals surface area contributed by atoms with Crippen LogP contribution in [0.15, 0.2) is 36.4 Å². The zero-order valence-corrected chi connectivity index (χ0v) is 27.0. The Morgan fingerprint density at radius 3 is 2.44 bits per heavy atom. The van der Waals surface area contributed by atoms with E-state index in [0.29, 0.717) is 104 Å². The van der Waals surface area contributed by atoms with E-state index in [1.807, 2.05) is 10.6 Å². The Labute approximate surface area is 283 Å². The van der Waals surface area contributed by atoms with Gasteiger partial charge < -0.3 is 40.5 Å². The fraction of sp³-hybridized carbons (Fsp3) is 0.455. The predicted molar refractivity (Wildman–Crippen MR) is 174 cm³/mol. The summed E-state index contributed by atoms with van der Waals surface area (Å²) in [7, 11) is 0. The van der Waals surface area contributed by atoms with Gasteiger partial charge in [-0.15, -0.1) is 17.9 Å². The highest BCUT2D eigenvalue weighted by Gasteiger charge is 2.34. The molecule has 1 atom stereocenters. The van der Waals surface area contributed by atoms with Gasteiger partial charge in [-0.3, -0.25) is 19.7 Å². The first-order chi connectivity index (χ1) is 23.9. The van der Waals surface area contributed by atoms with Gasteiger partial charge in [-0.05, 0) is 68.0 Å². The summed E-state index contributed by atoms with van der Waals surface area (Å²) in [5, 5.41) is 33.0. The number of amides is 5. The maximum Gasteiger partial charge on any atom is 0.573 e. The lowest BCUT2D eigenvalue weighted by Gasteiger charge is -2.32. The van der Waals surface area contributed by atoms with E-state index in [0.717, 1.165) is 16.9 Å². The third kappa shape index (κ3) is 7.66. The maximum absolute atomic E-state index is 12.6. The molecule has 2 saturated heterocycles. The second kappa shape index (κ2) is 14.3. The molecule has 6 rings (SSSR count). The number of anilines is 1. The summed E-state index contributed by atoms with van der Waals surface area (Å²) in [6, 6.07) is 7.90. The number of aryl methyl sites for hydroxylation is 1. The molecule has 5 amide bonds. The van der Waals surface area contributed by atoms with Crippen LogP contribution in [0.25, 0.3) is 21.9 Å². The minimum atomic E-state index is -4.79. The van der Waals surface area contributed by atoms with E-state index in [9.17, 15) is 42.7 Å². The van der Waals surface area contributed by atoms with Crippen LogP contribution < -0.4 is 26.0 Å². The number of nitrogens with zero attached hydrogens (tertiary/aromatic N) is 3. The number of ether oxygens (including phenoxy) is 1. The van der Waals surface area contributed by atoms with Crippen molar-refractivity contribution in [2.24, 2.45) is 0 Å². The molecule has 4 bridgehead atoms.